The number of alkyl halides is 2. The highest BCUT2D eigenvalue weighted by Gasteiger charge is 2.16. The summed E-state index contributed by atoms with van der Waals surface area (Å²) in [5, 5.41) is 10.7. The monoisotopic (exact) mass is 207 g/mol. The molecule has 74 valence electrons. The molecule has 0 spiro atoms. The maximum Gasteiger partial charge on any atom is 0.272 e. The molecule has 0 fully saturated rings. The van der Waals surface area contributed by atoms with Gasteiger partial charge in [0, 0.05) is 0 Å². The van der Waals surface area contributed by atoms with Crippen LogP contribution in [0, 0.1) is 0 Å². The van der Waals surface area contributed by atoms with Gasteiger partial charge in [0.05, 0.1) is 17.0 Å². The molecule has 0 aliphatic heterocycles. The van der Waals surface area contributed by atoms with Crippen LogP contribution in [0.2, 0.25) is 0 Å². The van der Waals surface area contributed by atoms with Gasteiger partial charge in [0.1, 0.15) is 0 Å². The molecule has 0 radical (unpaired) electrons. The standard InChI is InChI=1S/C8H11F2NOS/c1-4(12)7(11)5-2-6(8(9)10)13-3-5/h2-4,7-8,12H,11H2,1H3/t4-,7+/m1/s1. The zero-order chi connectivity index (χ0) is 10.0. The molecule has 1 heterocycles. The van der Waals surface area contributed by atoms with Gasteiger partial charge < -0.3 is 10.8 Å². The van der Waals surface area contributed by atoms with Crippen LogP contribution in [0.25, 0.3) is 0 Å². The van der Waals surface area contributed by atoms with Gasteiger partial charge in [0.2, 0.25) is 0 Å². The molecule has 1 rings (SSSR count). The fourth-order valence-corrected chi connectivity index (χ4v) is 1.74. The van der Waals surface area contributed by atoms with E-state index in [9.17, 15) is 8.78 Å². The Morgan fingerprint density at radius 3 is 2.54 bits per heavy atom. The van der Waals surface area contributed by atoms with Crippen LogP contribution in [0.1, 0.15) is 29.8 Å². The van der Waals surface area contributed by atoms with Gasteiger partial charge in [0.25, 0.3) is 6.43 Å². The molecule has 1 aromatic rings. The number of hydrogen-bond donors (Lipinski definition) is 2. The first-order chi connectivity index (χ1) is 6.02. The van der Waals surface area contributed by atoms with E-state index in [1.54, 1.807) is 5.38 Å². The van der Waals surface area contributed by atoms with E-state index in [1.807, 2.05) is 0 Å². The number of aliphatic hydroxyl groups is 1. The van der Waals surface area contributed by atoms with Crippen LogP contribution in [-0.4, -0.2) is 11.2 Å². The van der Waals surface area contributed by atoms with E-state index in [1.165, 1.54) is 13.0 Å². The van der Waals surface area contributed by atoms with Gasteiger partial charge in [-0.05, 0) is 23.9 Å². The first-order valence-corrected chi connectivity index (χ1v) is 4.70. The SMILES string of the molecule is C[C@@H](O)[C@H](N)c1csc(C(F)F)c1. The summed E-state index contributed by atoms with van der Waals surface area (Å²) in [6, 6.07) is 0.760. The molecular weight excluding hydrogens is 196 g/mol. The second kappa shape index (κ2) is 4.13. The van der Waals surface area contributed by atoms with Crippen molar-refractivity contribution in [3.63, 3.8) is 0 Å². The summed E-state index contributed by atoms with van der Waals surface area (Å²) in [5.41, 5.74) is 6.13. The van der Waals surface area contributed by atoms with Gasteiger partial charge in [-0.3, -0.25) is 0 Å². The smallest absolute Gasteiger partial charge is 0.272 e. The van der Waals surface area contributed by atoms with Gasteiger partial charge in [-0.25, -0.2) is 8.78 Å². The average Bonchev–Trinajstić information content (AvgIpc) is 2.50. The predicted octanol–water partition coefficient (Wildman–Crippen LogP) is 2.07. The number of rotatable bonds is 3. The molecule has 0 aliphatic carbocycles. The summed E-state index contributed by atoms with van der Waals surface area (Å²) >= 11 is 0.962. The summed E-state index contributed by atoms with van der Waals surface area (Å²) in [6.07, 6.45) is -3.18. The van der Waals surface area contributed by atoms with Crippen LogP contribution in [0.3, 0.4) is 0 Å². The lowest BCUT2D eigenvalue weighted by Crippen LogP contribution is -2.22. The van der Waals surface area contributed by atoms with Crippen LogP contribution >= 0.6 is 11.3 Å². The van der Waals surface area contributed by atoms with E-state index < -0.39 is 18.6 Å². The van der Waals surface area contributed by atoms with Gasteiger partial charge in [0.15, 0.2) is 0 Å². The number of halogens is 2. The third-order valence-electron chi connectivity index (χ3n) is 1.76. The highest BCUT2D eigenvalue weighted by molar-refractivity contribution is 7.10. The molecule has 2 nitrogen and oxygen atoms in total. The van der Waals surface area contributed by atoms with Crippen LogP contribution < -0.4 is 5.73 Å². The summed E-state index contributed by atoms with van der Waals surface area (Å²) in [5.74, 6) is 0. The van der Waals surface area contributed by atoms with Crippen molar-refractivity contribution >= 4 is 11.3 Å². The predicted molar refractivity (Wildman–Crippen MR) is 47.9 cm³/mol. The third-order valence-corrected chi connectivity index (χ3v) is 2.72. The van der Waals surface area contributed by atoms with E-state index in [0.29, 0.717) is 5.56 Å². The molecule has 0 aromatic carbocycles. The van der Waals surface area contributed by atoms with Crippen molar-refractivity contribution in [1.82, 2.24) is 0 Å². The first-order valence-electron chi connectivity index (χ1n) is 3.82. The van der Waals surface area contributed by atoms with Crippen LogP contribution in [0.15, 0.2) is 11.4 Å². The molecule has 2 atom stereocenters. The van der Waals surface area contributed by atoms with E-state index in [2.05, 4.69) is 0 Å². The molecule has 3 N–H and O–H groups in total. The topological polar surface area (TPSA) is 46.2 Å². The Morgan fingerprint density at radius 2 is 2.15 bits per heavy atom. The lowest BCUT2D eigenvalue weighted by atomic mass is 10.1. The molecular formula is C8H11F2NOS. The van der Waals surface area contributed by atoms with Gasteiger partial charge in [-0.2, -0.15) is 0 Å². The minimum absolute atomic E-state index is 0.00824. The van der Waals surface area contributed by atoms with Gasteiger partial charge >= 0.3 is 0 Å². The Bertz CT molecular complexity index is 275. The molecule has 1 aromatic heterocycles. The largest absolute Gasteiger partial charge is 0.391 e. The highest BCUT2D eigenvalue weighted by atomic mass is 32.1. The Kier molecular flexibility index (Phi) is 3.35. The average molecular weight is 207 g/mol. The molecule has 13 heavy (non-hydrogen) atoms. The molecule has 0 unspecified atom stereocenters. The lowest BCUT2D eigenvalue weighted by molar-refractivity contribution is 0.154. The van der Waals surface area contributed by atoms with Crippen molar-refractivity contribution in [1.29, 1.82) is 0 Å². The molecule has 0 amide bonds. The van der Waals surface area contributed by atoms with E-state index in [4.69, 9.17) is 10.8 Å². The van der Waals surface area contributed by atoms with Crippen molar-refractivity contribution in [3.8, 4) is 0 Å². The fourth-order valence-electron chi connectivity index (χ4n) is 0.936. The second-order valence-electron chi connectivity index (χ2n) is 2.85. The summed E-state index contributed by atoms with van der Waals surface area (Å²) in [7, 11) is 0. The Hall–Kier alpha value is -0.520. The number of nitrogens with two attached hydrogens (primary N) is 1. The van der Waals surface area contributed by atoms with E-state index >= 15 is 0 Å². The quantitative estimate of drug-likeness (QED) is 0.797. The first kappa shape index (κ1) is 10.6. The Balaban J connectivity index is 2.79. The highest BCUT2D eigenvalue weighted by Crippen LogP contribution is 2.29. The molecule has 0 saturated carbocycles. The third kappa shape index (κ3) is 2.46. The molecule has 5 heteroatoms. The number of aliphatic hydroxyl groups excluding tert-OH is 1. The van der Waals surface area contributed by atoms with Crippen molar-refractivity contribution in [2.75, 3.05) is 0 Å². The number of thiophene rings is 1. The van der Waals surface area contributed by atoms with Crippen molar-refractivity contribution in [2.45, 2.75) is 25.5 Å². The maximum atomic E-state index is 12.2. The fraction of sp³-hybridized carbons (Fsp3) is 0.500. The van der Waals surface area contributed by atoms with Crippen molar-refractivity contribution < 1.29 is 13.9 Å². The minimum atomic E-state index is -2.46. The van der Waals surface area contributed by atoms with Crippen LogP contribution in [0.5, 0.6) is 0 Å². The Morgan fingerprint density at radius 1 is 1.54 bits per heavy atom. The zero-order valence-electron chi connectivity index (χ0n) is 7.08. The zero-order valence-corrected chi connectivity index (χ0v) is 7.89. The summed E-state index contributed by atoms with van der Waals surface area (Å²) in [4.78, 5) is -0.00824. The lowest BCUT2D eigenvalue weighted by Gasteiger charge is -2.12. The number of hydrogen-bond acceptors (Lipinski definition) is 3. The normalized spacial score (nSPS) is 16.2. The molecule has 0 bridgehead atoms. The summed E-state index contributed by atoms with van der Waals surface area (Å²) in [6.45, 7) is 1.53. The Labute approximate surface area is 79.0 Å². The second-order valence-corrected chi connectivity index (χ2v) is 3.79. The van der Waals surface area contributed by atoms with Crippen molar-refractivity contribution in [2.24, 2.45) is 5.73 Å². The minimum Gasteiger partial charge on any atom is -0.391 e. The van der Waals surface area contributed by atoms with Crippen LogP contribution in [-0.2, 0) is 0 Å². The van der Waals surface area contributed by atoms with Crippen LogP contribution in [0.4, 0.5) is 8.78 Å². The molecule has 0 saturated heterocycles. The maximum absolute atomic E-state index is 12.2. The van der Waals surface area contributed by atoms with E-state index in [-0.39, 0.29) is 4.88 Å². The summed E-state index contributed by atoms with van der Waals surface area (Å²) < 4.78 is 24.3. The van der Waals surface area contributed by atoms with Gasteiger partial charge in [-0.15, -0.1) is 11.3 Å². The molecule has 0 aliphatic rings. The van der Waals surface area contributed by atoms with E-state index in [0.717, 1.165) is 11.3 Å². The van der Waals surface area contributed by atoms with Gasteiger partial charge in [-0.1, -0.05) is 0 Å². The van der Waals surface area contributed by atoms with Crippen molar-refractivity contribution in [3.05, 3.63) is 21.9 Å².